The van der Waals surface area contributed by atoms with Gasteiger partial charge in [0.05, 0.1) is 24.4 Å². The fourth-order valence-corrected chi connectivity index (χ4v) is 4.17. The summed E-state index contributed by atoms with van der Waals surface area (Å²) >= 11 is 7.57. The number of ether oxygens (including phenoxy) is 2. The van der Waals surface area contributed by atoms with E-state index >= 15 is 0 Å². The molecule has 0 aromatic carbocycles. The maximum Gasteiger partial charge on any atom is 0.0852 e. The Morgan fingerprint density at radius 1 is 1.11 bits per heavy atom. The molecule has 2 fully saturated rings. The lowest BCUT2D eigenvalue weighted by Gasteiger charge is -2.29. The third-order valence-corrected chi connectivity index (χ3v) is 6.53. The van der Waals surface area contributed by atoms with Gasteiger partial charge in [-0.15, -0.1) is 0 Å². The largest absolute Gasteiger partial charge is 0.371 e. The van der Waals surface area contributed by atoms with Gasteiger partial charge in [-0.2, -0.15) is 0 Å². The van der Waals surface area contributed by atoms with Crippen LogP contribution in [0, 0.1) is 0 Å². The first-order valence-corrected chi connectivity index (χ1v) is 9.57. The van der Waals surface area contributed by atoms with Crippen LogP contribution in [0.15, 0.2) is 0 Å². The van der Waals surface area contributed by atoms with Crippen LogP contribution in [0.25, 0.3) is 0 Å². The van der Waals surface area contributed by atoms with Crippen molar-refractivity contribution in [2.24, 2.45) is 0 Å². The Bertz CT molecular complexity index is 275. The van der Waals surface area contributed by atoms with E-state index in [0.717, 1.165) is 25.7 Å². The van der Waals surface area contributed by atoms with Crippen molar-refractivity contribution < 1.29 is 9.47 Å². The lowest BCUT2D eigenvalue weighted by Crippen LogP contribution is -2.36. The van der Waals surface area contributed by atoms with Crippen LogP contribution in [0.5, 0.6) is 0 Å². The molecule has 0 spiro atoms. The molecule has 2 rings (SSSR count). The summed E-state index contributed by atoms with van der Waals surface area (Å²) in [5, 5.41) is 0. The number of unbranched alkanes of at least 4 members (excludes halogenated alkanes) is 2. The molecule has 19 heavy (non-hydrogen) atoms. The fraction of sp³-hybridized carbons (Fsp3) is 1.00. The molecule has 0 aromatic heterocycles. The van der Waals surface area contributed by atoms with E-state index in [0.29, 0.717) is 28.0 Å². The molecule has 0 N–H and O–H groups in total. The smallest absolute Gasteiger partial charge is 0.0852 e. The van der Waals surface area contributed by atoms with Crippen molar-refractivity contribution in [2.45, 2.75) is 92.9 Å². The van der Waals surface area contributed by atoms with Crippen molar-refractivity contribution in [3.63, 3.8) is 0 Å². The van der Waals surface area contributed by atoms with Crippen molar-refractivity contribution in [1.29, 1.82) is 0 Å². The molecule has 0 saturated carbocycles. The highest BCUT2D eigenvalue weighted by Crippen LogP contribution is 2.39. The molecule has 6 atom stereocenters. The van der Waals surface area contributed by atoms with Crippen LogP contribution in [-0.2, 0) is 9.47 Å². The Balaban J connectivity index is 1.99. The highest BCUT2D eigenvalue weighted by molar-refractivity contribution is 9.09. The highest BCUT2D eigenvalue weighted by Gasteiger charge is 2.44. The highest BCUT2D eigenvalue weighted by atomic mass is 79.9. The number of alkyl halides is 2. The summed E-state index contributed by atoms with van der Waals surface area (Å²) < 4.78 is 12.6. The van der Waals surface area contributed by atoms with Gasteiger partial charge in [0.2, 0.25) is 0 Å². The first kappa shape index (κ1) is 16.3. The molecule has 2 aliphatic rings. The minimum Gasteiger partial charge on any atom is -0.371 e. The molecule has 2 nitrogen and oxygen atoms in total. The number of halogens is 2. The zero-order valence-corrected chi connectivity index (χ0v) is 15.2. The molecule has 0 aromatic rings. The molecule has 112 valence electrons. The number of fused-ring (bicyclic) bond motifs is 2. The van der Waals surface area contributed by atoms with Crippen LogP contribution in [-0.4, -0.2) is 34.1 Å². The van der Waals surface area contributed by atoms with Crippen molar-refractivity contribution in [3.8, 4) is 0 Å². The van der Waals surface area contributed by atoms with Gasteiger partial charge in [-0.25, -0.2) is 0 Å². The van der Waals surface area contributed by atoms with Crippen molar-refractivity contribution >= 4 is 31.9 Å². The first-order valence-electron chi connectivity index (χ1n) is 7.74. The minimum atomic E-state index is 0.288. The Kier molecular flexibility index (Phi) is 6.64. The van der Waals surface area contributed by atoms with Gasteiger partial charge >= 0.3 is 0 Å². The quantitative estimate of drug-likeness (QED) is 0.472. The maximum absolute atomic E-state index is 6.40. The number of hydrogen-bond donors (Lipinski definition) is 0. The van der Waals surface area contributed by atoms with Crippen molar-refractivity contribution in [1.82, 2.24) is 0 Å². The van der Waals surface area contributed by atoms with Gasteiger partial charge in [-0.3, -0.25) is 0 Å². The van der Waals surface area contributed by atoms with Crippen LogP contribution in [0.2, 0.25) is 0 Å². The maximum atomic E-state index is 6.40. The average Bonchev–Trinajstić information content (AvgIpc) is 2.66. The SMILES string of the molecule is CCCCC[C@@H]1OC(C(Br)CC)C[C@H]2O[C@H]1C[C@H]2Br. The van der Waals surface area contributed by atoms with Gasteiger partial charge in [0.15, 0.2) is 0 Å². The predicted molar refractivity (Wildman–Crippen MR) is 86.4 cm³/mol. The lowest BCUT2D eigenvalue weighted by atomic mass is 9.98. The van der Waals surface area contributed by atoms with Gasteiger partial charge < -0.3 is 9.47 Å². The van der Waals surface area contributed by atoms with E-state index < -0.39 is 0 Å². The first-order chi connectivity index (χ1) is 9.15. The van der Waals surface area contributed by atoms with E-state index in [1.54, 1.807) is 0 Å². The zero-order chi connectivity index (χ0) is 13.8. The van der Waals surface area contributed by atoms with Crippen LogP contribution < -0.4 is 0 Å². The average molecular weight is 398 g/mol. The summed E-state index contributed by atoms with van der Waals surface area (Å²) in [6.07, 6.45) is 9.40. The molecule has 0 radical (unpaired) electrons. The molecule has 2 aliphatic heterocycles. The van der Waals surface area contributed by atoms with E-state index in [1.807, 2.05) is 0 Å². The van der Waals surface area contributed by atoms with Gasteiger partial charge in [-0.05, 0) is 19.3 Å². The lowest BCUT2D eigenvalue weighted by molar-refractivity contribution is -0.0590. The van der Waals surface area contributed by atoms with E-state index in [2.05, 4.69) is 45.7 Å². The molecule has 0 amide bonds. The van der Waals surface area contributed by atoms with E-state index in [-0.39, 0.29) is 6.10 Å². The molecular formula is C15H26Br2O2. The second-order valence-electron chi connectivity index (χ2n) is 5.83. The zero-order valence-electron chi connectivity index (χ0n) is 12.0. The Labute approximate surface area is 134 Å². The Morgan fingerprint density at radius 2 is 1.89 bits per heavy atom. The van der Waals surface area contributed by atoms with Crippen LogP contribution in [0.1, 0.15) is 58.8 Å². The van der Waals surface area contributed by atoms with Crippen LogP contribution in [0.3, 0.4) is 0 Å². The molecule has 2 bridgehead atoms. The minimum absolute atomic E-state index is 0.288. The van der Waals surface area contributed by atoms with Gasteiger partial charge in [0.25, 0.3) is 0 Å². The third kappa shape index (κ3) is 4.18. The molecule has 2 saturated heterocycles. The molecule has 2 heterocycles. The van der Waals surface area contributed by atoms with Crippen molar-refractivity contribution in [3.05, 3.63) is 0 Å². The summed E-state index contributed by atoms with van der Waals surface area (Å²) in [6, 6.07) is 0. The van der Waals surface area contributed by atoms with Gasteiger partial charge in [0, 0.05) is 16.1 Å². The predicted octanol–water partition coefficient (Wildman–Crippen LogP) is 4.82. The van der Waals surface area contributed by atoms with Crippen molar-refractivity contribution in [2.75, 3.05) is 0 Å². The second-order valence-corrected chi connectivity index (χ2v) is 8.19. The van der Waals surface area contributed by atoms with Crippen LogP contribution >= 0.6 is 31.9 Å². The summed E-state index contributed by atoms with van der Waals surface area (Å²) in [6.45, 7) is 4.46. The molecular weight excluding hydrogens is 372 g/mol. The van der Waals surface area contributed by atoms with E-state index in [9.17, 15) is 0 Å². The number of hydrogen-bond acceptors (Lipinski definition) is 2. The molecule has 4 heteroatoms. The topological polar surface area (TPSA) is 18.5 Å². The molecule has 2 unspecified atom stereocenters. The monoisotopic (exact) mass is 396 g/mol. The summed E-state index contributed by atoms with van der Waals surface area (Å²) in [5.41, 5.74) is 0. The summed E-state index contributed by atoms with van der Waals surface area (Å²) in [5.74, 6) is 0. The molecule has 0 aliphatic carbocycles. The van der Waals surface area contributed by atoms with Gasteiger partial charge in [0.1, 0.15) is 0 Å². The van der Waals surface area contributed by atoms with Crippen LogP contribution in [0.4, 0.5) is 0 Å². The fourth-order valence-electron chi connectivity index (χ4n) is 3.12. The normalized spacial score (nSPS) is 40.1. The Hall–Kier alpha value is 0.880. The summed E-state index contributed by atoms with van der Waals surface area (Å²) in [7, 11) is 0. The van der Waals surface area contributed by atoms with E-state index in [1.165, 1.54) is 19.3 Å². The van der Waals surface area contributed by atoms with E-state index in [4.69, 9.17) is 9.47 Å². The Morgan fingerprint density at radius 3 is 2.58 bits per heavy atom. The summed E-state index contributed by atoms with van der Waals surface area (Å²) in [4.78, 5) is 0.956. The number of rotatable bonds is 6. The standard InChI is InChI=1S/C15H26Br2O2/c1-3-5-6-7-12-15-8-11(17)14(19-15)9-13(18-12)10(16)4-2/h10-15H,3-9H2,1-2H3/t10?,11-,12+,13?,14-,15+/m1/s1. The third-order valence-electron chi connectivity index (χ3n) is 4.32. The van der Waals surface area contributed by atoms with Gasteiger partial charge in [-0.1, -0.05) is 65.0 Å². The second kappa shape index (κ2) is 7.77.